The number of hydrogen-bond donors (Lipinski definition) is 0. The molecule has 1 heterocycles. The Bertz CT molecular complexity index is 214. The molecule has 0 amide bonds. The van der Waals surface area contributed by atoms with E-state index in [-0.39, 0.29) is 5.60 Å². The van der Waals surface area contributed by atoms with Crippen LogP contribution >= 0.6 is 0 Å². The Hall–Kier alpha value is -0.970. The summed E-state index contributed by atoms with van der Waals surface area (Å²) in [4.78, 5) is 0. The maximum absolute atomic E-state index is 5.49. The molecule has 0 saturated carbocycles. The summed E-state index contributed by atoms with van der Waals surface area (Å²) in [6, 6.07) is 0. The highest BCUT2D eigenvalue weighted by Gasteiger charge is 2.09. The molecule has 0 fully saturated rings. The van der Waals surface area contributed by atoms with Crippen molar-refractivity contribution in [1.82, 2.24) is 20.2 Å². The van der Waals surface area contributed by atoms with Gasteiger partial charge in [-0.05, 0) is 31.2 Å². The van der Waals surface area contributed by atoms with Gasteiger partial charge in [0.1, 0.15) is 6.33 Å². The molecule has 0 aliphatic rings. The molecule has 0 aliphatic carbocycles. The summed E-state index contributed by atoms with van der Waals surface area (Å²) in [7, 11) is 0. The van der Waals surface area contributed by atoms with E-state index in [1.807, 2.05) is 20.8 Å². The van der Waals surface area contributed by atoms with E-state index < -0.39 is 0 Å². The van der Waals surface area contributed by atoms with Gasteiger partial charge in [0.2, 0.25) is 0 Å². The number of nitrogens with zero attached hydrogens (tertiary/aromatic N) is 4. The molecule has 0 aliphatic heterocycles. The lowest BCUT2D eigenvalue weighted by atomic mass is 10.2. The number of rotatable bonds is 3. The van der Waals surface area contributed by atoms with Crippen LogP contribution in [0.25, 0.3) is 0 Å². The van der Waals surface area contributed by atoms with Crippen molar-refractivity contribution in [3.05, 3.63) is 6.33 Å². The molecule has 0 unspecified atom stereocenters. The highest BCUT2D eigenvalue weighted by atomic mass is 16.5. The zero-order valence-corrected chi connectivity index (χ0v) is 7.69. The number of aromatic nitrogens is 4. The van der Waals surface area contributed by atoms with Crippen LogP contribution in [0.15, 0.2) is 6.33 Å². The van der Waals surface area contributed by atoms with Crippen LogP contribution in [0.3, 0.4) is 0 Å². The van der Waals surface area contributed by atoms with Crippen molar-refractivity contribution in [2.75, 3.05) is 6.61 Å². The van der Waals surface area contributed by atoms with Crippen molar-refractivity contribution >= 4 is 0 Å². The molecule has 0 radical (unpaired) electrons. The third-order valence-corrected chi connectivity index (χ3v) is 1.25. The Morgan fingerprint density at radius 2 is 2.17 bits per heavy atom. The average molecular weight is 170 g/mol. The van der Waals surface area contributed by atoms with Gasteiger partial charge >= 0.3 is 0 Å². The quantitative estimate of drug-likeness (QED) is 0.662. The Kier molecular flexibility index (Phi) is 2.75. The summed E-state index contributed by atoms with van der Waals surface area (Å²) in [6.07, 6.45) is 1.58. The second-order valence-electron chi connectivity index (χ2n) is 3.53. The lowest BCUT2D eigenvalue weighted by Gasteiger charge is -2.18. The summed E-state index contributed by atoms with van der Waals surface area (Å²) in [5.74, 6) is 0. The third-order valence-electron chi connectivity index (χ3n) is 1.25. The number of ether oxygens (including phenoxy) is 1. The van der Waals surface area contributed by atoms with Gasteiger partial charge in [0.05, 0.1) is 18.8 Å². The largest absolute Gasteiger partial charge is 0.374 e. The molecule has 1 aromatic heterocycles. The van der Waals surface area contributed by atoms with Crippen molar-refractivity contribution in [2.45, 2.75) is 32.9 Å². The van der Waals surface area contributed by atoms with Gasteiger partial charge in [-0.2, -0.15) is 0 Å². The zero-order chi connectivity index (χ0) is 9.03. The van der Waals surface area contributed by atoms with Crippen LogP contribution in [0, 0.1) is 0 Å². The highest BCUT2D eigenvalue weighted by molar-refractivity contribution is 4.58. The minimum atomic E-state index is -0.0893. The number of tetrazole rings is 1. The van der Waals surface area contributed by atoms with E-state index in [4.69, 9.17) is 4.74 Å². The molecule has 0 aromatic carbocycles. The van der Waals surface area contributed by atoms with Gasteiger partial charge in [0.25, 0.3) is 0 Å². The molecule has 68 valence electrons. The van der Waals surface area contributed by atoms with E-state index in [1.165, 1.54) is 0 Å². The maximum atomic E-state index is 5.49. The van der Waals surface area contributed by atoms with Gasteiger partial charge in [-0.25, -0.2) is 4.68 Å². The fourth-order valence-corrected chi connectivity index (χ4v) is 0.728. The van der Waals surface area contributed by atoms with E-state index in [9.17, 15) is 0 Å². The summed E-state index contributed by atoms with van der Waals surface area (Å²) in [5.41, 5.74) is -0.0893. The van der Waals surface area contributed by atoms with Crippen molar-refractivity contribution in [1.29, 1.82) is 0 Å². The Labute approximate surface area is 71.7 Å². The lowest BCUT2D eigenvalue weighted by molar-refractivity contribution is -0.00806. The van der Waals surface area contributed by atoms with Crippen LogP contribution in [0.2, 0.25) is 0 Å². The molecular formula is C7H14N4O. The second kappa shape index (κ2) is 3.62. The van der Waals surface area contributed by atoms with E-state index >= 15 is 0 Å². The summed E-state index contributed by atoms with van der Waals surface area (Å²) in [5, 5.41) is 10.7. The van der Waals surface area contributed by atoms with Crippen LogP contribution in [0.4, 0.5) is 0 Å². The first-order chi connectivity index (χ1) is 5.58. The minimum absolute atomic E-state index is 0.0893. The first-order valence-electron chi connectivity index (χ1n) is 3.93. The Morgan fingerprint density at radius 3 is 2.67 bits per heavy atom. The van der Waals surface area contributed by atoms with E-state index in [1.54, 1.807) is 11.0 Å². The van der Waals surface area contributed by atoms with Crippen molar-refractivity contribution in [3.8, 4) is 0 Å². The predicted octanol–water partition coefficient (Wildman–Crippen LogP) is 0.488. The monoisotopic (exact) mass is 170 g/mol. The van der Waals surface area contributed by atoms with Crippen LogP contribution in [0.1, 0.15) is 20.8 Å². The van der Waals surface area contributed by atoms with Crippen LogP contribution < -0.4 is 0 Å². The number of hydrogen-bond acceptors (Lipinski definition) is 4. The molecule has 5 heteroatoms. The van der Waals surface area contributed by atoms with Gasteiger partial charge in [-0.1, -0.05) is 0 Å². The predicted molar refractivity (Wildman–Crippen MR) is 43.5 cm³/mol. The van der Waals surface area contributed by atoms with Gasteiger partial charge in [-0.15, -0.1) is 5.10 Å². The van der Waals surface area contributed by atoms with Crippen molar-refractivity contribution in [3.63, 3.8) is 0 Å². The molecule has 0 N–H and O–H groups in total. The van der Waals surface area contributed by atoms with E-state index in [2.05, 4.69) is 15.5 Å². The molecule has 1 aromatic rings. The van der Waals surface area contributed by atoms with E-state index in [0.717, 1.165) is 0 Å². The van der Waals surface area contributed by atoms with Gasteiger partial charge < -0.3 is 4.74 Å². The summed E-state index contributed by atoms with van der Waals surface area (Å²) >= 11 is 0. The lowest BCUT2D eigenvalue weighted by Crippen LogP contribution is -2.22. The molecule has 0 spiro atoms. The zero-order valence-electron chi connectivity index (χ0n) is 7.69. The Balaban J connectivity index is 2.20. The van der Waals surface area contributed by atoms with E-state index in [0.29, 0.717) is 13.2 Å². The maximum Gasteiger partial charge on any atom is 0.138 e. The first kappa shape index (κ1) is 9.12. The standard InChI is InChI=1S/C7H14N4O/c1-7(2,3)12-5-4-11-6-8-9-10-11/h6H,4-5H2,1-3H3. The Morgan fingerprint density at radius 1 is 1.42 bits per heavy atom. The molecule has 0 atom stereocenters. The van der Waals surface area contributed by atoms with Crippen LogP contribution in [-0.4, -0.2) is 32.4 Å². The minimum Gasteiger partial charge on any atom is -0.374 e. The smallest absolute Gasteiger partial charge is 0.138 e. The van der Waals surface area contributed by atoms with Crippen LogP contribution in [0.5, 0.6) is 0 Å². The summed E-state index contributed by atoms with van der Waals surface area (Å²) < 4.78 is 7.13. The molecule has 1 rings (SSSR count). The van der Waals surface area contributed by atoms with Crippen molar-refractivity contribution in [2.24, 2.45) is 0 Å². The third kappa shape index (κ3) is 3.43. The topological polar surface area (TPSA) is 52.8 Å². The molecule has 12 heavy (non-hydrogen) atoms. The highest BCUT2D eigenvalue weighted by Crippen LogP contribution is 2.05. The van der Waals surface area contributed by atoms with Gasteiger partial charge in [-0.3, -0.25) is 0 Å². The molecular weight excluding hydrogens is 156 g/mol. The van der Waals surface area contributed by atoms with Gasteiger partial charge in [0.15, 0.2) is 0 Å². The fourth-order valence-electron chi connectivity index (χ4n) is 0.728. The summed E-state index contributed by atoms with van der Waals surface area (Å²) in [6.45, 7) is 7.39. The van der Waals surface area contributed by atoms with Crippen molar-refractivity contribution < 1.29 is 4.74 Å². The second-order valence-corrected chi connectivity index (χ2v) is 3.53. The molecule has 0 bridgehead atoms. The fraction of sp³-hybridized carbons (Fsp3) is 0.857. The normalized spacial score (nSPS) is 11.9. The molecule has 0 saturated heterocycles. The average Bonchev–Trinajstić information content (AvgIpc) is 2.36. The SMILES string of the molecule is CC(C)(C)OCCn1cnnn1. The van der Waals surface area contributed by atoms with Crippen LogP contribution in [-0.2, 0) is 11.3 Å². The molecule has 5 nitrogen and oxygen atoms in total. The van der Waals surface area contributed by atoms with Gasteiger partial charge in [0, 0.05) is 0 Å². The first-order valence-corrected chi connectivity index (χ1v) is 3.93.